The first-order valence-electron chi connectivity index (χ1n) is 16.7. The molecule has 5 aliphatic rings. The molecule has 0 nitrogen and oxygen atoms in total. The summed E-state index contributed by atoms with van der Waals surface area (Å²) in [6.07, 6.45) is 10.6. The van der Waals surface area contributed by atoms with E-state index in [0.29, 0.717) is 16.2 Å². The van der Waals surface area contributed by atoms with Crippen LogP contribution in [0.15, 0.2) is 0 Å². The SMILES string of the molecule is CC(C)C1C(C)CC2(C)C(C)C3(C)C(C)C4CCC(CC5CCC5)C(C)C4C(C)C3C(C)C2(C)C1C. The van der Waals surface area contributed by atoms with Crippen LogP contribution in [0, 0.1) is 99.1 Å². The van der Waals surface area contributed by atoms with E-state index in [1.165, 1.54) is 38.5 Å². The molecule has 0 N–H and O–H groups in total. The van der Waals surface area contributed by atoms with E-state index in [-0.39, 0.29) is 0 Å². The summed E-state index contributed by atoms with van der Waals surface area (Å²) >= 11 is 0. The Bertz CT molecular complexity index is 807. The standard InChI is InChI=1S/C36H64/c1-20(2)31-21(3)19-34(10)27(9)35(11)24(6)30-17-16-29(18-28-14-13-15-28)22(4)32(30)23(5)33(35)26(8)36(34,12)25(31)7/h20-33H,13-19H2,1-12H3. The van der Waals surface area contributed by atoms with Gasteiger partial charge in [0, 0.05) is 0 Å². The Morgan fingerprint density at radius 2 is 1.39 bits per heavy atom. The monoisotopic (exact) mass is 497 g/mol. The molecule has 15 atom stereocenters. The molecule has 0 aromatic rings. The second-order valence-electron chi connectivity index (χ2n) is 17.0. The first-order valence-corrected chi connectivity index (χ1v) is 16.7. The minimum Gasteiger partial charge on any atom is -0.0625 e. The van der Waals surface area contributed by atoms with Crippen molar-refractivity contribution >= 4 is 0 Å². The maximum absolute atomic E-state index is 2.82. The zero-order chi connectivity index (χ0) is 26.5. The van der Waals surface area contributed by atoms with Crippen molar-refractivity contribution < 1.29 is 0 Å². The Balaban J connectivity index is 1.55. The second-order valence-corrected chi connectivity index (χ2v) is 17.0. The first kappa shape index (κ1) is 27.6. The van der Waals surface area contributed by atoms with Crippen LogP contribution in [-0.4, -0.2) is 0 Å². The van der Waals surface area contributed by atoms with Crippen molar-refractivity contribution in [2.75, 3.05) is 0 Å². The summed E-state index contributed by atoms with van der Waals surface area (Å²) in [6, 6.07) is 0. The molecule has 0 heterocycles. The molecule has 0 bridgehead atoms. The molecule has 0 saturated heterocycles. The average molecular weight is 497 g/mol. The van der Waals surface area contributed by atoms with Crippen molar-refractivity contribution in [1.29, 1.82) is 0 Å². The van der Waals surface area contributed by atoms with Gasteiger partial charge in [-0.3, -0.25) is 0 Å². The number of fused-ring (bicyclic) bond motifs is 3. The van der Waals surface area contributed by atoms with Gasteiger partial charge in [0.2, 0.25) is 0 Å². The lowest BCUT2D eigenvalue weighted by Gasteiger charge is -2.77. The lowest BCUT2D eigenvalue weighted by Crippen LogP contribution is -2.71. The van der Waals surface area contributed by atoms with Gasteiger partial charge in [0.15, 0.2) is 0 Å². The van der Waals surface area contributed by atoms with E-state index >= 15 is 0 Å². The van der Waals surface area contributed by atoms with Gasteiger partial charge in [-0.15, -0.1) is 0 Å². The van der Waals surface area contributed by atoms with Crippen molar-refractivity contribution in [2.24, 2.45) is 99.1 Å². The van der Waals surface area contributed by atoms with Crippen molar-refractivity contribution in [1.82, 2.24) is 0 Å². The van der Waals surface area contributed by atoms with E-state index in [0.717, 1.165) is 82.9 Å². The zero-order valence-corrected chi connectivity index (χ0v) is 26.5. The quantitative estimate of drug-likeness (QED) is 0.364. The van der Waals surface area contributed by atoms with E-state index in [4.69, 9.17) is 0 Å². The summed E-state index contributed by atoms with van der Waals surface area (Å²) in [5, 5.41) is 0. The Kier molecular flexibility index (Phi) is 6.90. The molecule has 0 aromatic heterocycles. The summed E-state index contributed by atoms with van der Waals surface area (Å²) in [5.41, 5.74) is 1.34. The van der Waals surface area contributed by atoms with Gasteiger partial charge in [-0.2, -0.15) is 0 Å². The van der Waals surface area contributed by atoms with Crippen LogP contribution in [0.2, 0.25) is 0 Å². The van der Waals surface area contributed by atoms with Crippen LogP contribution in [-0.2, 0) is 0 Å². The van der Waals surface area contributed by atoms with Crippen LogP contribution in [0.4, 0.5) is 0 Å². The van der Waals surface area contributed by atoms with Crippen molar-refractivity contribution in [2.45, 2.75) is 128 Å². The Morgan fingerprint density at radius 1 is 0.750 bits per heavy atom. The van der Waals surface area contributed by atoms with E-state index in [2.05, 4.69) is 83.1 Å². The third-order valence-corrected chi connectivity index (χ3v) is 16.4. The highest BCUT2D eigenvalue weighted by Crippen LogP contribution is 2.78. The maximum atomic E-state index is 2.82. The van der Waals surface area contributed by atoms with Crippen LogP contribution in [0.5, 0.6) is 0 Å². The summed E-state index contributed by atoms with van der Waals surface area (Å²) in [5.74, 6) is 12.5. The van der Waals surface area contributed by atoms with Crippen LogP contribution < -0.4 is 0 Å². The van der Waals surface area contributed by atoms with Crippen molar-refractivity contribution in [3.63, 3.8) is 0 Å². The van der Waals surface area contributed by atoms with E-state index < -0.39 is 0 Å². The second kappa shape index (κ2) is 9.01. The molecule has 0 radical (unpaired) electrons. The third kappa shape index (κ3) is 3.36. The summed E-state index contributed by atoms with van der Waals surface area (Å²) in [6.45, 7) is 32.5. The molecule has 0 amide bonds. The normalized spacial score (nSPS) is 59.6. The van der Waals surface area contributed by atoms with Crippen molar-refractivity contribution in [3.8, 4) is 0 Å². The molecule has 5 aliphatic carbocycles. The van der Waals surface area contributed by atoms with E-state index in [1.807, 2.05) is 0 Å². The molecule has 0 aromatic carbocycles. The van der Waals surface area contributed by atoms with E-state index in [1.54, 1.807) is 6.42 Å². The molecular weight excluding hydrogens is 432 g/mol. The average Bonchev–Trinajstić information content (AvgIpc) is 2.77. The third-order valence-electron chi connectivity index (χ3n) is 16.4. The van der Waals surface area contributed by atoms with Crippen LogP contribution >= 0.6 is 0 Å². The molecule has 208 valence electrons. The largest absolute Gasteiger partial charge is 0.0625 e. The lowest BCUT2D eigenvalue weighted by molar-refractivity contribution is -0.291. The lowest BCUT2D eigenvalue weighted by atomic mass is 9.28. The van der Waals surface area contributed by atoms with Crippen LogP contribution in [0.25, 0.3) is 0 Å². The minimum absolute atomic E-state index is 0.433. The van der Waals surface area contributed by atoms with Gasteiger partial charge in [0.05, 0.1) is 0 Å². The van der Waals surface area contributed by atoms with Crippen LogP contribution in [0.3, 0.4) is 0 Å². The van der Waals surface area contributed by atoms with Gasteiger partial charge in [0.25, 0.3) is 0 Å². The molecule has 0 spiro atoms. The minimum atomic E-state index is 0.433. The van der Waals surface area contributed by atoms with Gasteiger partial charge in [0.1, 0.15) is 0 Å². The molecule has 15 unspecified atom stereocenters. The highest BCUT2D eigenvalue weighted by Gasteiger charge is 2.72. The molecule has 5 fully saturated rings. The van der Waals surface area contributed by atoms with Crippen LogP contribution in [0.1, 0.15) is 128 Å². The molecule has 5 saturated carbocycles. The van der Waals surface area contributed by atoms with Gasteiger partial charge in [-0.05, 0) is 125 Å². The predicted octanol–water partition coefficient (Wildman–Crippen LogP) is 10.6. The summed E-state index contributed by atoms with van der Waals surface area (Å²) in [4.78, 5) is 0. The zero-order valence-electron chi connectivity index (χ0n) is 26.5. The fourth-order valence-electron chi connectivity index (χ4n) is 14.1. The highest BCUT2D eigenvalue weighted by molar-refractivity contribution is 5.20. The fourth-order valence-corrected chi connectivity index (χ4v) is 14.1. The van der Waals surface area contributed by atoms with Crippen molar-refractivity contribution in [3.05, 3.63) is 0 Å². The topological polar surface area (TPSA) is 0 Å². The predicted molar refractivity (Wildman–Crippen MR) is 157 cm³/mol. The number of hydrogen-bond donors (Lipinski definition) is 0. The summed E-state index contributed by atoms with van der Waals surface area (Å²) < 4.78 is 0. The fraction of sp³-hybridized carbons (Fsp3) is 1.00. The van der Waals surface area contributed by atoms with Gasteiger partial charge in [-0.1, -0.05) is 102 Å². The van der Waals surface area contributed by atoms with Gasteiger partial charge in [-0.25, -0.2) is 0 Å². The molecule has 0 heteroatoms. The Hall–Kier alpha value is 0. The maximum Gasteiger partial charge on any atom is -0.0212 e. The Morgan fingerprint density at radius 3 is 1.94 bits per heavy atom. The van der Waals surface area contributed by atoms with E-state index in [9.17, 15) is 0 Å². The first-order chi connectivity index (χ1) is 16.7. The van der Waals surface area contributed by atoms with Gasteiger partial charge >= 0.3 is 0 Å². The molecule has 5 rings (SSSR count). The van der Waals surface area contributed by atoms with Gasteiger partial charge < -0.3 is 0 Å². The molecular formula is C36H64. The Labute approximate surface area is 226 Å². The highest BCUT2D eigenvalue weighted by atomic mass is 14.8. The molecule has 36 heavy (non-hydrogen) atoms. The molecule has 0 aliphatic heterocycles. The smallest absolute Gasteiger partial charge is 0.0212 e. The summed E-state index contributed by atoms with van der Waals surface area (Å²) in [7, 11) is 0. The number of rotatable bonds is 3. The number of hydrogen-bond acceptors (Lipinski definition) is 0.